The molecule has 0 saturated carbocycles. The summed E-state index contributed by atoms with van der Waals surface area (Å²) in [6.07, 6.45) is -25.1. The zero-order valence-corrected chi connectivity index (χ0v) is 19.7. The molecule has 0 spiro atoms. The van der Waals surface area contributed by atoms with E-state index in [9.17, 15) is 92.3 Å². The highest BCUT2D eigenvalue weighted by Gasteiger charge is 2.46. The lowest BCUT2D eigenvalue weighted by Crippen LogP contribution is -2.26. The molecule has 0 atom stereocenters. The maximum atomic E-state index is 13.3. The van der Waals surface area contributed by atoms with Crippen molar-refractivity contribution in [2.75, 3.05) is 0 Å². The van der Waals surface area contributed by atoms with E-state index in [2.05, 4.69) is 18.9 Å². The minimum absolute atomic E-state index is 0.502. The average Bonchev–Trinajstić information content (AvgIpc) is 2.76. The van der Waals surface area contributed by atoms with Crippen molar-refractivity contribution in [2.24, 2.45) is 0 Å². The number of carboxylic acids is 4. The summed E-state index contributed by atoms with van der Waals surface area (Å²) >= 11 is 0. The minimum Gasteiger partial charge on any atom is -0.478 e. The van der Waals surface area contributed by atoms with Crippen LogP contribution in [-0.2, 0) is 0 Å². The van der Waals surface area contributed by atoms with Gasteiger partial charge >= 0.3 is 49.3 Å². The van der Waals surface area contributed by atoms with Crippen molar-refractivity contribution in [2.45, 2.75) is 25.4 Å². The van der Waals surface area contributed by atoms with Gasteiger partial charge in [-0.2, -0.15) is 0 Å². The second kappa shape index (κ2) is 11.4. The largest absolute Gasteiger partial charge is 0.573 e. The van der Waals surface area contributed by atoms with Crippen LogP contribution in [0.2, 0.25) is 0 Å². The summed E-state index contributed by atoms with van der Waals surface area (Å²) in [5, 5.41) is 37.2. The molecule has 0 fully saturated rings. The van der Waals surface area contributed by atoms with Crippen LogP contribution in [0.15, 0.2) is 12.1 Å². The summed E-state index contributed by atoms with van der Waals surface area (Å²) in [6, 6.07) is -1.00. The molecule has 24 heteroatoms. The van der Waals surface area contributed by atoms with Crippen LogP contribution in [0.25, 0.3) is 11.1 Å². The Morgan fingerprint density at radius 2 is 0.659 bits per heavy atom. The molecule has 2 aromatic carbocycles. The second-order valence-corrected chi connectivity index (χ2v) is 7.42. The van der Waals surface area contributed by atoms with Gasteiger partial charge in [-0.15, -0.1) is 52.7 Å². The fraction of sp³-hybridized carbons (Fsp3) is 0.200. The van der Waals surface area contributed by atoms with Crippen molar-refractivity contribution in [1.82, 2.24) is 0 Å². The van der Waals surface area contributed by atoms with E-state index >= 15 is 0 Å². The van der Waals surface area contributed by atoms with Crippen LogP contribution in [0, 0.1) is 0 Å². The van der Waals surface area contributed by atoms with E-state index in [-0.39, 0.29) is 0 Å². The zero-order valence-electron chi connectivity index (χ0n) is 19.7. The molecule has 0 bridgehead atoms. The fourth-order valence-electron chi connectivity index (χ4n) is 3.30. The quantitative estimate of drug-likeness (QED) is 0.238. The normalized spacial score (nSPS) is 12.4. The number of ether oxygens (including phenoxy) is 4. The van der Waals surface area contributed by atoms with E-state index in [4.69, 9.17) is 0 Å². The van der Waals surface area contributed by atoms with E-state index in [1.807, 2.05) is 0 Å². The summed E-state index contributed by atoms with van der Waals surface area (Å²) in [5.74, 6) is -21.9. The molecule has 0 heterocycles. The molecule has 44 heavy (non-hydrogen) atoms. The maximum Gasteiger partial charge on any atom is 0.573 e. The van der Waals surface area contributed by atoms with Gasteiger partial charge in [0.05, 0.1) is 11.1 Å². The van der Waals surface area contributed by atoms with Gasteiger partial charge in [0.1, 0.15) is 11.1 Å². The Hall–Kier alpha value is -5.32. The summed E-state index contributed by atoms with van der Waals surface area (Å²) in [6.45, 7) is 0. The number of carboxylic acid groups (broad SMARTS) is 4. The van der Waals surface area contributed by atoms with Crippen molar-refractivity contribution in [1.29, 1.82) is 0 Å². The van der Waals surface area contributed by atoms with Crippen LogP contribution in [0.5, 0.6) is 23.0 Å². The molecule has 2 aromatic rings. The SMILES string of the molecule is O=C(O)c1cc(-c2cc(C(=O)O)c(C(=O)O)c(OC(F)(F)F)c2OC(F)(F)F)c(OC(F)(F)F)c(OC(F)(F)F)c1C(=O)O. The van der Waals surface area contributed by atoms with E-state index < -0.39 is 118 Å². The highest BCUT2D eigenvalue weighted by Crippen LogP contribution is 2.53. The van der Waals surface area contributed by atoms with Gasteiger partial charge in [0.25, 0.3) is 0 Å². The van der Waals surface area contributed by atoms with Gasteiger partial charge in [0.2, 0.25) is 0 Å². The first-order valence-electron chi connectivity index (χ1n) is 10.0. The topological polar surface area (TPSA) is 186 Å². The number of carbonyl (C=O) groups is 4. The number of hydrogen-bond acceptors (Lipinski definition) is 8. The molecule has 0 aliphatic heterocycles. The smallest absolute Gasteiger partial charge is 0.478 e. The molecule has 242 valence electrons. The predicted molar refractivity (Wildman–Crippen MR) is 106 cm³/mol. The van der Waals surface area contributed by atoms with E-state index in [0.29, 0.717) is 0 Å². The van der Waals surface area contributed by atoms with Gasteiger partial charge in [-0.05, 0) is 12.1 Å². The standard InChI is InChI=1S/C20H6F12O12/c21-17(22,23)41-9-3(1-5(13(33)34)7(15(37)38)11(9)43-19(27,28)29)4-2-6(14(35)36)8(16(39)40)12(44-20(30,31)32)10(4)42-18(24,25)26/h1-2H,(H,33,34)(H,35,36)(H,37,38)(H,39,40). The van der Waals surface area contributed by atoms with Gasteiger partial charge in [-0.1, -0.05) is 0 Å². The molecule has 0 unspecified atom stereocenters. The van der Waals surface area contributed by atoms with Crippen molar-refractivity contribution in [3.8, 4) is 34.1 Å². The first-order valence-corrected chi connectivity index (χ1v) is 10.0. The van der Waals surface area contributed by atoms with Crippen molar-refractivity contribution >= 4 is 23.9 Å². The van der Waals surface area contributed by atoms with Crippen LogP contribution in [0.4, 0.5) is 52.7 Å². The average molecular weight is 666 g/mol. The number of alkyl halides is 12. The van der Waals surface area contributed by atoms with Crippen molar-refractivity contribution in [3.05, 3.63) is 34.4 Å². The third-order valence-electron chi connectivity index (χ3n) is 4.52. The van der Waals surface area contributed by atoms with Crippen LogP contribution in [0.1, 0.15) is 41.4 Å². The highest BCUT2D eigenvalue weighted by molar-refractivity contribution is 6.09. The lowest BCUT2D eigenvalue weighted by Gasteiger charge is -2.24. The van der Waals surface area contributed by atoms with E-state index in [0.717, 1.165) is 0 Å². The van der Waals surface area contributed by atoms with Gasteiger partial charge in [-0.25, -0.2) is 19.2 Å². The summed E-state index contributed by atoms with van der Waals surface area (Å²) in [4.78, 5) is 46.6. The Kier molecular flexibility index (Phi) is 9.04. The van der Waals surface area contributed by atoms with Crippen LogP contribution in [-0.4, -0.2) is 69.8 Å². The molecular formula is C20H6F12O12. The first-order chi connectivity index (χ1) is 19.6. The molecule has 12 nitrogen and oxygen atoms in total. The lowest BCUT2D eigenvalue weighted by atomic mass is 9.92. The molecule has 0 amide bonds. The number of rotatable bonds is 9. The summed E-state index contributed by atoms with van der Waals surface area (Å²) in [7, 11) is 0. The molecule has 0 aromatic heterocycles. The van der Waals surface area contributed by atoms with Gasteiger partial charge < -0.3 is 39.4 Å². The van der Waals surface area contributed by atoms with Crippen molar-refractivity contribution < 1.29 is 111 Å². The number of benzene rings is 2. The molecule has 4 N–H and O–H groups in total. The Labute approximate surface area is 230 Å². The first kappa shape index (κ1) is 34.9. The third-order valence-corrected chi connectivity index (χ3v) is 4.52. The number of aromatic carboxylic acids is 4. The van der Waals surface area contributed by atoms with Crippen LogP contribution >= 0.6 is 0 Å². The lowest BCUT2D eigenvalue weighted by molar-refractivity contribution is -0.287. The fourth-order valence-corrected chi connectivity index (χ4v) is 3.30. The molecule has 0 saturated heterocycles. The molecule has 0 aliphatic carbocycles. The van der Waals surface area contributed by atoms with E-state index in [1.54, 1.807) is 0 Å². The maximum absolute atomic E-state index is 13.3. The second-order valence-electron chi connectivity index (χ2n) is 7.42. The third kappa shape index (κ3) is 8.37. The van der Waals surface area contributed by atoms with Gasteiger partial charge in [0.15, 0.2) is 23.0 Å². The van der Waals surface area contributed by atoms with Gasteiger partial charge in [0, 0.05) is 11.1 Å². The summed E-state index contributed by atoms with van der Waals surface area (Å²) < 4.78 is 172. The summed E-state index contributed by atoms with van der Waals surface area (Å²) in [5.41, 5.74) is -13.2. The van der Waals surface area contributed by atoms with E-state index in [1.165, 1.54) is 0 Å². The predicted octanol–water partition coefficient (Wildman–Crippen LogP) is 5.74. The Morgan fingerprint density at radius 1 is 0.432 bits per heavy atom. The van der Waals surface area contributed by atoms with Crippen LogP contribution < -0.4 is 18.9 Å². The molecule has 0 radical (unpaired) electrons. The van der Waals surface area contributed by atoms with Gasteiger partial charge in [-0.3, -0.25) is 0 Å². The molecule has 0 aliphatic rings. The Bertz CT molecular complexity index is 1410. The Morgan fingerprint density at radius 3 is 0.841 bits per heavy atom. The number of halogens is 12. The highest BCUT2D eigenvalue weighted by atomic mass is 19.4. The Balaban J connectivity index is 3.49. The monoisotopic (exact) mass is 666 g/mol. The molecule has 2 rings (SSSR count). The van der Waals surface area contributed by atoms with Crippen LogP contribution in [0.3, 0.4) is 0 Å². The van der Waals surface area contributed by atoms with Crippen molar-refractivity contribution in [3.63, 3.8) is 0 Å². The number of hydrogen-bond donors (Lipinski definition) is 4. The zero-order chi connectivity index (χ0) is 34.3. The minimum atomic E-state index is -6.29. The molecular weight excluding hydrogens is 660 g/mol.